The molecular weight excluding hydrogens is 348 g/mol. The fourth-order valence-electron chi connectivity index (χ4n) is 2.36. The van der Waals surface area contributed by atoms with Crippen LogP contribution in [0.2, 0.25) is 5.02 Å². The van der Waals surface area contributed by atoms with Crippen LogP contribution in [-0.4, -0.2) is 24.5 Å². The maximum Gasteiger partial charge on any atom is 0.311 e. The minimum Gasteiger partial charge on any atom is -0.495 e. The molecule has 2 aromatic carbocycles. The van der Waals surface area contributed by atoms with Gasteiger partial charge in [-0.1, -0.05) is 17.7 Å². The number of hydrogen-bond acceptors (Lipinski definition) is 5. The van der Waals surface area contributed by atoms with Crippen LogP contribution in [0, 0.1) is 24.0 Å². The number of aryl methyl sites for hydroxylation is 2. The molecule has 25 heavy (non-hydrogen) atoms. The molecule has 2 aromatic rings. The standard InChI is InChI=1S/C17H17ClN2O5/c1-10-6-11(2)17(14(7-10)20(22)23)25-9-16(21)19-13-8-12(18)4-5-15(13)24-3/h4-8H,9H2,1-3H3,(H,19,21). The number of carbonyl (C=O) groups excluding carboxylic acids is 1. The molecule has 2 rings (SSSR count). The van der Waals surface area contributed by atoms with Gasteiger partial charge in [-0.2, -0.15) is 0 Å². The molecule has 0 unspecified atom stereocenters. The lowest BCUT2D eigenvalue weighted by Gasteiger charge is -2.12. The van der Waals surface area contributed by atoms with Gasteiger partial charge < -0.3 is 14.8 Å². The van der Waals surface area contributed by atoms with Gasteiger partial charge >= 0.3 is 5.69 Å². The molecule has 0 bridgehead atoms. The smallest absolute Gasteiger partial charge is 0.311 e. The molecule has 0 aliphatic rings. The molecule has 1 N–H and O–H groups in total. The van der Waals surface area contributed by atoms with Crippen molar-refractivity contribution in [3.05, 3.63) is 56.6 Å². The zero-order valence-electron chi connectivity index (χ0n) is 14.0. The monoisotopic (exact) mass is 364 g/mol. The molecule has 0 atom stereocenters. The van der Waals surface area contributed by atoms with Gasteiger partial charge in [-0.3, -0.25) is 14.9 Å². The highest BCUT2D eigenvalue weighted by molar-refractivity contribution is 6.31. The summed E-state index contributed by atoms with van der Waals surface area (Å²) in [4.78, 5) is 22.8. The minimum absolute atomic E-state index is 0.0730. The first kappa shape index (κ1) is 18.5. The molecular formula is C17H17ClN2O5. The van der Waals surface area contributed by atoms with Gasteiger partial charge in [0.2, 0.25) is 5.75 Å². The number of nitro groups is 1. The molecule has 0 aromatic heterocycles. The first-order valence-electron chi connectivity index (χ1n) is 7.33. The molecule has 0 radical (unpaired) electrons. The number of nitrogens with zero attached hydrogens (tertiary/aromatic N) is 1. The molecule has 7 nitrogen and oxygen atoms in total. The van der Waals surface area contributed by atoms with Crippen molar-refractivity contribution in [2.45, 2.75) is 13.8 Å². The number of amides is 1. The number of hydrogen-bond donors (Lipinski definition) is 1. The Balaban J connectivity index is 2.13. The third-order valence-corrected chi connectivity index (χ3v) is 3.61. The Hall–Kier alpha value is -2.80. The van der Waals surface area contributed by atoms with Crippen molar-refractivity contribution in [3.8, 4) is 11.5 Å². The topological polar surface area (TPSA) is 90.7 Å². The summed E-state index contributed by atoms with van der Waals surface area (Å²) in [6.07, 6.45) is 0. The molecule has 0 saturated heterocycles. The Morgan fingerprint density at radius 1 is 1.28 bits per heavy atom. The van der Waals surface area contributed by atoms with Gasteiger partial charge in [0, 0.05) is 11.1 Å². The summed E-state index contributed by atoms with van der Waals surface area (Å²) >= 11 is 5.91. The summed E-state index contributed by atoms with van der Waals surface area (Å²) in [6.45, 7) is 3.05. The van der Waals surface area contributed by atoms with E-state index in [1.165, 1.54) is 19.2 Å². The van der Waals surface area contributed by atoms with Crippen LogP contribution in [-0.2, 0) is 4.79 Å². The van der Waals surface area contributed by atoms with Gasteiger partial charge in [-0.15, -0.1) is 0 Å². The number of methoxy groups -OCH3 is 1. The molecule has 0 aliphatic heterocycles. The molecule has 0 heterocycles. The van der Waals surface area contributed by atoms with E-state index in [1.807, 2.05) is 0 Å². The predicted octanol–water partition coefficient (Wildman–Crippen LogP) is 3.89. The van der Waals surface area contributed by atoms with Crippen LogP contribution in [0.1, 0.15) is 11.1 Å². The van der Waals surface area contributed by atoms with Crippen molar-refractivity contribution in [3.63, 3.8) is 0 Å². The van der Waals surface area contributed by atoms with Gasteiger partial charge in [0.05, 0.1) is 17.7 Å². The predicted molar refractivity (Wildman–Crippen MR) is 94.7 cm³/mol. The van der Waals surface area contributed by atoms with Crippen LogP contribution in [0.5, 0.6) is 11.5 Å². The van der Waals surface area contributed by atoms with Crippen molar-refractivity contribution >= 4 is 28.9 Å². The number of benzene rings is 2. The molecule has 0 saturated carbocycles. The molecule has 132 valence electrons. The normalized spacial score (nSPS) is 10.2. The Bertz CT molecular complexity index is 823. The quantitative estimate of drug-likeness (QED) is 0.620. The number of halogens is 1. The average Bonchev–Trinajstić information content (AvgIpc) is 2.53. The van der Waals surface area contributed by atoms with E-state index in [4.69, 9.17) is 21.1 Å². The molecule has 1 amide bonds. The largest absolute Gasteiger partial charge is 0.495 e. The first-order valence-corrected chi connectivity index (χ1v) is 7.71. The van der Waals surface area contributed by atoms with E-state index in [2.05, 4.69) is 5.32 Å². The fourth-order valence-corrected chi connectivity index (χ4v) is 2.53. The van der Waals surface area contributed by atoms with Gasteiger partial charge in [0.1, 0.15) is 5.75 Å². The van der Waals surface area contributed by atoms with E-state index in [-0.39, 0.29) is 18.0 Å². The van der Waals surface area contributed by atoms with Crippen molar-refractivity contribution in [1.82, 2.24) is 0 Å². The maximum absolute atomic E-state index is 12.1. The summed E-state index contributed by atoms with van der Waals surface area (Å²) in [5.41, 5.74) is 1.54. The minimum atomic E-state index is -0.534. The third kappa shape index (κ3) is 4.60. The van der Waals surface area contributed by atoms with E-state index in [0.29, 0.717) is 22.0 Å². The highest BCUT2D eigenvalue weighted by Crippen LogP contribution is 2.32. The van der Waals surface area contributed by atoms with E-state index in [9.17, 15) is 14.9 Å². The summed E-state index contributed by atoms with van der Waals surface area (Å²) in [5, 5.41) is 14.2. The van der Waals surface area contributed by atoms with E-state index in [1.54, 1.807) is 32.0 Å². The fraction of sp³-hybridized carbons (Fsp3) is 0.235. The second kappa shape index (κ2) is 7.85. The van der Waals surface area contributed by atoms with E-state index in [0.717, 1.165) is 5.56 Å². The van der Waals surface area contributed by atoms with Crippen LogP contribution >= 0.6 is 11.6 Å². The number of nitro benzene ring substituents is 1. The van der Waals surface area contributed by atoms with Crippen LogP contribution in [0.3, 0.4) is 0 Å². The molecule has 8 heteroatoms. The third-order valence-electron chi connectivity index (χ3n) is 3.38. The van der Waals surface area contributed by atoms with Crippen molar-refractivity contribution in [2.75, 3.05) is 19.0 Å². The van der Waals surface area contributed by atoms with Crippen LogP contribution in [0.4, 0.5) is 11.4 Å². The summed E-state index contributed by atoms with van der Waals surface area (Å²) in [6, 6.07) is 7.94. The van der Waals surface area contributed by atoms with Crippen LogP contribution in [0.15, 0.2) is 30.3 Å². The van der Waals surface area contributed by atoms with Gasteiger partial charge in [0.25, 0.3) is 5.91 Å². The Kier molecular flexibility index (Phi) is 5.82. The van der Waals surface area contributed by atoms with Crippen LogP contribution < -0.4 is 14.8 Å². The number of rotatable bonds is 6. The highest BCUT2D eigenvalue weighted by atomic mass is 35.5. The van der Waals surface area contributed by atoms with Gasteiger partial charge in [-0.05, 0) is 43.2 Å². The Labute approximate surface area is 149 Å². The molecule has 0 fully saturated rings. The second-order valence-corrected chi connectivity index (χ2v) is 5.81. The average molecular weight is 365 g/mol. The summed E-state index contributed by atoms with van der Waals surface area (Å²) < 4.78 is 10.5. The van der Waals surface area contributed by atoms with Gasteiger partial charge in [-0.25, -0.2) is 0 Å². The van der Waals surface area contributed by atoms with Crippen molar-refractivity contribution < 1.29 is 19.2 Å². The van der Waals surface area contributed by atoms with Crippen LogP contribution in [0.25, 0.3) is 0 Å². The van der Waals surface area contributed by atoms with Gasteiger partial charge in [0.15, 0.2) is 6.61 Å². The SMILES string of the molecule is COc1ccc(Cl)cc1NC(=O)COc1c(C)cc(C)cc1[N+](=O)[O-]. The Morgan fingerprint density at radius 3 is 2.64 bits per heavy atom. The lowest BCUT2D eigenvalue weighted by molar-refractivity contribution is -0.385. The first-order chi connectivity index (χ1) is 11.8. The molecule has 0 spiro atoms. The zero-order valence-corrected chi connectivity index (χ0v) is 14.7. The number of nitrogens with one attached hydrogen (secondary N) is 1. The summed E-state index contributed by atoms with van der Waals surface area (Å²) in [7, 11) is 1.47. The zero-order chi connectivity index (χ0) is 18.6. The second-order valence-electron chi connectivity index (χ2n) is 5.37. The lowest BCUT2D eigenvalue weighted by atomic mass is 10.1. The molecule has 0 aliphatic carbocycles. The van der Waals surface area contributed by atoms with E-state index >= 15 is 0 Å². The number of ether oxygens (including phenoxy) is 2. The number of carbonyl (C=O) groups is 1. The highest BCUT2D eigenvalue weighted by Gasteiger charge is 2.20. The van der Waals surface area contributed by atoms with E-state index < -0.39 is 10.8 Å². The van der Waals surface area contributed by atoms with Crippen molar-refractivity contribution in [2.24, 2.45) is 0 Å². The summed E-state index contributed by atoms with van der Waals surface area (Å²) in [5.74, 6) is 0.0221. The lowest BCUT2D eigenvalue weighted by Crippen LogP contribution is -2.21. The Morgan fingerprint density at radius 2 is 2.00 bits per heavy atom. The maximum atomic E-state index is 12.1. The van der Waals surface area contributed by atoms with Crippen molar-refractivity contribution in [1.29, 1.82) is 0 Å². The number of anilines is 1.